The van der Waals surface area contributed by atoms with E-state index in [9.17, 15) is 5.11 Å². The van der Waals surface area contributed by atoms with Gasteiger partial charge in [0.2, 0.25) is 0 Å². The average Bonchev–Trinajstić information content (AvgIpc) is 2.46. The van der Waals surface area contributed by atoms with E-state index in [-0.39, 0.29) is 6.61 Å². The Balaban J connectivity index is 2.99. The van der Waals surface area contributed by atoms with Gasteiger partial charge in [0, 0.05) is 0 Å². The van der Waals surface area contributed by atoms with Crippen molar-refractivity contribution in [3.63, 3.8) is 0 Å². The van der Waals surface area contributed by atoms with Crippen molar-refractivity contribution in [2.45, 2.75) is 110 Å². The van der Waals surface area contributed by atoms with E-state index < -0.39 is 6.10 Å². The van der Waals surface area contributed by atoms with Crippen LogP contribution in [0.1, 0.15) is 104 Å². The number of aliphatic hydroxyl groups excluding tert-OH is 2. The molecule has 1 atom stereocenters. The summed E-state index contributed by atoms with van der Waals surface area (Å²) in [6.45, 7) is 4.54. The zero-order valence-corrected chi connectivity index (χ0v) is 14.7. The lowest BCUT2D eigenvalue weighted by Gasteiger charge is -2.06. The van der Waals surface area contributed by atoms with E-state index in [2.05, 4.69) is 13.8 Å². The average molecular weight is 301 g/mol. The van der Waals surface area contributed by atoms with E-state index in [0.29, 0.717) is 0 Å². The van der Waals surface area contributed by atoms with Gasteiger partial charge in [-0.3, -0.25) is 0 Å². The quantitative estimate of drug-likeness (QED) is 0.372. The molecule has 21 heavy (non-hydrogen) atoms. The van der Waals surface area contributed by atoms with E-state index in [1.165, 1.54) is 77.0 Å². The Labute approximate surface area is 133 Å². The van der Waals surface area contributed by atoms with E-state index in [1.807, 2.05) is 0 Å². The zero-order valence-electron chi connectivity index (χ0n) is 14.7. The van der Waals surface area contributed by atoms with Gasteiger partial charge in [0.1, 0.15) is 0 Å². The SMILES string of the molecule is CC(C)CCCCCCCCCCCCCCC(O)CO. The highest BCUT2D eigenvalue weighted by Gasteiger charge is 2.00. The molecule has 1 unspecified atom stereocenters. The minimum absolute atomic E-state index is 0.0858. The molecule has 2 nitrogen and oxygen atoms in total. The second-order valence-corrected chi connectivity index (χ2v) is 7.05. The molecule has 0 rings (SSSR count). The summed E-state index contributed by atoms with van der Waals surface area (Å²) in [7, 11) is 0. The van der Waals surface area contributed by atoms with Gasteiger partial charge in [-0.05, 0) is 12.3 Å². The molecule has 0 aliphatic heterocycles. The highest BCUT2D eigenvalue weighted by molar-refractivity contribution is 4.54. The van der Waals surface area contributed by atoms with Crippen LogP contribution in [-0.2, 0) is 0 Å². The van der Waals surface area contributed by atoms with Crippen molar-refractivity contribution in [2.24, 2.45) is 5.92 Å². The smallest absolute Gasteiger partial charge is 0.0770 e. The number of unbranched alkanes of at least 4 members (excludes halogenated alkanes) is 11. The van der Waals surface area contributed by atoms with Crippen molar-refractivity contribution in [2.75, 3.05) is 6.61 Å². The number of hydrogen-bond donors (Lipinski definition) is 2. The molecule has 128 valence electrons. The highest BCUT2D eigenvalue weighted by atomic mass is 16.3. The van der Waals surface area contributed by atoms with Crippen molar-refractivity contribution in [3.8, 4) is 0 Å². The van der Waals surface area contributed by atoms with E-state index >= 15 is 0 Å². The van der Waals surface area contributed by atoms with Gasteiger partial charge in [0.15, 0.2) is 0 Å². The minimum Gasteiger partial charge on any atom is -0.394 e. The van der Waals surface area contributed by atoms with Gasteiger partial charge in [-0.1, -0.05) is 97.3 Å². The normalized spacial score (nSPS) is 13.0. The molecule has 0 aliphatic rings. The number of rotatable bonds is 16. The second-order valence-electron chi connectivity index (χ2n) is 7.05. The maximum Gasteiger partial charge on any atom is 0.0770 e. The molecule has 0 saturated heterocycles. The molecule has 0 bridgehead atoms. The van der Waals surface area contributed by atoms with Crippen molar-refractivity contribution in [1.82, 2.24) is 0 Å². The Hall–Kier alpha value is -0.0800. The Kier molecular flexibility index (Phi) is 16.2. The van der Waals surface area contributed by atoms with Crippen LogP contribution in [0.25, 0.3) is 0 Å². The Morgan fingerprint density at radius 3 is 1.24 bits per heavy atom. The molecule has 0 amide bonds. The van der Waals surface area contributed by atoms with Crippen LogP contribution < -0.4 is 0 Å². The van der Waals surface area contributed by atoms with Crippen LogP contribution in [0, 0.1) is 5.92 Å². The Bertz CT molecular complexity index is 192. The first-order valence-corrected chi connectivity index (χ1v) is 9.45. The van der Waals surface area contributed by atoms with E-state index in [0.717, 1.165) is 18.8 Å². The predicted octanol–water partition coefficient (Wildman–Crippen LogP) is 5.46. The molecule has 0 radical (unpaired) electrons. The second kappa shape index (κ2) is 16.3. The first-order chi connectivity index (χ1) is 10.2. The molecule has 0 spiro atoms. The van der Waals surface area contributed by atoms with Gasteiger partial charge in [0.25, 0.3) is 0 Å². The van der Waals surface area contributed by atoms with Crippen molar-refractivity contribution < 1.29 is 10.2 Å². The largest absolute Gasteiger partial charge is 0.394 e. The third-order valence-electron chi connectivity index (χ3n) is 4.28. The molecule has 0 heterocycles. The van der Waals surface area contributed by atoms with Gasteiger partial charge < -0.3 is 10.2 Å². The van der Waals surface area contributed by atoms with Crippen LogP contribution in [0.4, 0.5) is 0 Å². The minimum atomic E-state index is -0.495. The summed E-state index contributed by atoms with van der Waals surface area (Å²) < 4.78 is 0. The van der Waals surface area contributed by atoms with Crippen LogP contribution in [-0.4, -0.2) is 22.9 Å². The summed E-state index contributed by atoms with van der Waals surface area (Å²) in [5, 5.41) is 17.9. The maximum atomic E-state index is 9.21. The lowest BCUT2D eigenvalue weighted by atomic mass is 10.0. The van der Waals surface area contributed by atoms with Gasteiger partial charge in [-0.25, -0.2) is 0 Å². The van der Waals surface area contributed by atoms with Crippen LogP contribution in [0.2, 0.25) is 0 Å². The Morgan fingerprint density at radius 2 is 0.905 bits per heavy atom. The molecule has 0 saturated carbocycles. The topological polar surface area (TPSA) is 40.5 Å². The van der Waals surface area contributed by atoms with Gasteiger partial charge in [-0.15, -0.1) is 0 Å². The van der Waals surface area contributed by atoms with Crippen molar-refractivity contribution in [1.29, 1.82) is 0 Å². The van der Waals surface area contributed by atoms with Crippen molar-refractivity contribution in [3.05, 3.63) is 0 Å². The molecule has 0 fully saturated rings. The van der Waals surface area contributed by atoms with E-state index in [1.54, 1.807) is 0 Å². The van der Waals surface area contributed by atoms with Gasteiger partial charge in [0.05, 0.1) is 12.7 Å². The highest BCUT2D eigenvalue weighted by Crippen LogP contribution is 2.14. The molecule has 0 aromatic rings. The lowest BCUT2D eigenvalue weighted by Crippen LogP contribution is -2.10. The summed E-state index contributed by atoms with van der Waals surface area (Å²) in [4.78, 5) is 0. The third-order valence-corrected chi connectivity index (χ3v) is 4.28. The lowest BCUT2D eigenvalue weighted by molar-refractivity contribution is 0.0860. The Morgan fingerprint density at radius 1 is 0.571 bits per heavy atom. The molecule has 0 aromatic heterocycles. The first-order valence-electron chi connectivity index (χ1n) is 9.45. The fraction of sp³-hybridized carbons (Fsp3) is 1.00. The van der Waals surface area contributed by atoms with E-state index in [4.69, 9.17) is 5.11 Å². The molecule has 0 aromatic carbocycles. The predicted molar refractivity (Wildman–Crippen MR) is 92.6 cm³/mol. The summed E-state index contributed by atoms with van der Waals surface area (Å²) >= 11 is 0. The number of aliphatic hydroxyl groups is 2. The summed E-state index contributed by atoms with van der Waals surface area (Å²) in [6, 6.07) is 0. The first kappa shape index (κ1) is 20.9. The van der Waals surface area contributed by atoms with Crippen LogP contribution in [0.5, 0.6) is 0 Å². The van der Waals surface area contributed by atoms with Gasteiger partial charge >= 0.3 is 0 Å². The fourth-order valence-corrected chi connectivity index (χ4v) is 2.79. The number of hydrogen-bond acceptors (Lipinski definition) is 2. The third kappa shape index (κ3) is 17.9. The molecule has 2 heteroatoms. The zero-order chi connectivity index (χ0) is 15.8. The fourth-order valence-electron chi connectivity index (χ4n) is 2.79. The van der Waals surface area contributed by atoms with Crippen LogP contribution in [0.15, 0.2) is 0 Å². The molecule has 0 aliphatic carbocycles. The monoisotopic (exact) mass is 300 g/mol. The van der Waals surface area contributed by atoms with Gasteiger partial charge in [-0.2, -0.15) is 0 Å². The van der Waals surface area contributed by atoms with Crippen LogP contribution >= 0.6 is 0 Å². The summed E-state index contributed by atoms with van der Waals surface area (Å²) in [6.07, 6.45) is 17.8. The molecular weight excluding hydrogens is 260 g/mol. The molecular formula is C19H40O2. The van der Waals surface area contributed by atoms with Crippen molar-refractivity contribution >= 4 is 0 Å². The molecule has 2 N–H and O–H groups in total. The van der Waals surface area contributed by atoms with Crippen LogP contribution in [0.3, 0.4) is 0 Å². The summed E-state index contributed by atoms with van der Waals surface area (Å²) in [5.41, 5.74) is 0. The standard InChI is InChI=1S/C19H40O2/c1-18(2)15-13-11-9-7-5-3-4-6-8-10-12-14-16-19(21)17-20/h18-21H,3-17H2,1-2H3. The summed E-state index contributed by atoms with van der Waals surface area (Å²) in [5.74, 6) is 0.872. The maximum absolute atomic E-state index is 9.21.